The van der Waals surface area contributed by atoms with Gasteiger partial charge in [0, 0.05) is 6.42 Å². The van der Waals surface area contributed by atoms with Crippen molar-refractivity contribution in [1.82, 2.24) is 0 Å². The number of phenolic OH excluding ortho intramolecular Hbond substituents is 1. The fourth-order valence-electron chi connectivity index (χ4n) is 0.963. The first-order valence-electron chi connectivity index (χ1n) is 3.68. The lowest BCUT2D eigenvalue weighted by atomic mass is 10.1. The second kappa shape index (κ2) is 5.16. The number of carboxylic acids is 1. The molecule has 0 aliphatic heterocycles. The molecule has 4 nitrogen and oxygen atoms in total. The summed E-state index contributed by atoms with van der Waals surface area (Å²) < 4.78 is 0. The Morgan fingerprint density at radius 3 is 2.62 bits per heavy atom. The second-order valence-electron chi connectivity index (χ2n) is 2.56. The summed E-state index contributed by atoms with van der Waals surface area (Å²) in [5.74, 6) is -0.642. The number of rotatable bonds is 3. The maximum Gasteiger partial charge on any atom is 0.303 e. The third-order valence-electron chi connectivity index (χ3n) is 1.54. The summed E-state index contributed by atoms with van der Waals surface area (Å²) in [5, 5.41) is 17.4. The summed E-state index contributed by atoms with van der Waals surface area (Å²) in [6.07, 6.45) is 0.563. The van der Waals surface area contributed by atoms with Crippen LogP contribution in [0.5, 0.6) is 5.75 Å². The predicted molar refractivity (Wildman–Crippen MR) is 47.7 cm³/mol. The van der Waals surface area contributed by atoms with Crippen molar-refractivity contribution in [3.63, 3.8) is 0 Å². The number of carbonyl (C=O) groups is 1. The van der Waals surface area contributed by atoms with Gasteiger partial charge in [0.15, 0.2) is 0 Å². The standard InChI is InChI=1S/C9H10O3.H2O/c10-8-3-1-2-7(6-8)4-5-9(11)12;/h1-3,6,10H,4-5H2,(H,11,12);1H2. The fourth-order valence-corrected chi connectivity index (χ4v) is 0.963. The van der Waals surface area contributed by atoms with Crippen LogP contribution >= 0.6 is 0 Å². The monoisotopic (exact) mass is 184 g/mol. The van der Waals surface area contributed by atoms with Crippen molar-refractivity contribution >= 4 is 5.97 Å². The van der Waals surface area contributed by atoms with E-state index in [1.807, 2.05) is 0 Å². The summed E-state index contributed by atoms with van der Waals surface area (Å²) in [6.45, 7) is 0. The van der Waals surface area contributed by atoms with Crippen LogP contribution in [0.3, 0.4) is 0 Å². The lowest BCUT2D eigenvalue weighted by molar-refractivity contribution is -0.136. The Kier molecular flexibility index (Phi) is 4.54. The lowest BCUT2D eigenvalue weighted by Crippen LogP contribution is -1.96. The zero-order valence-electron chi connectivity index (χ0n) is 7.03. The Bertz CT molecular complexity index is 283. The molecule has 4 N–H and O–H groups in total. The minimum Gasteiger partial charge on any atom is -0.508 e. The largest absolute Gasteiger partial charge is 0.508 e. The van der Waals surface area contributed by atoms with Crippen molar-refractivity contribution < 1.29 is 20.5 Å². The number of hydrogen-bond donors (Lipinski definition) is 2. The normalized spacial score (nSPS) is 8.92. The Morgan fingerprint density at radius 1 is 1.38 bits per heavy atom. The van der Waals surface area contributed by atoms with Gasteiger partial charge in [0.25, 0.3) is 0 Å². The molecule has 0 aromatic heterocycles. The van der Waals surface area contributed by atoms with Crippen LogP contribution in [0.15, 0.2) is 24.3 Å². The van der Waals surface area contributed by atoms with Gasteiger partial charge < -0.3 is 15.7 Å². The van der Waals surface area contributed by atoms with Gasteiger partial charge in [-0.25, -0.2) is 0 Å². The molecule has 13 heavy (non-hydrogen) atoms. The van der Waals surface area contributed by atoms with E-state index < -0.39 is 5.97 Å². The van der Waals surface area contributed by atoms with Crippen molar-refractivity contribution in [2.75, 3.05) is 0 Å². The number of aromatic hydroxyl groups is 1. The maximum absolute atomic E-state index is 10.2. The number of carboxylic acid groups (broad SMARTS) is 1. The number of hydrogen-bond acceptors (Lipinski definition) is 2. The van der Waals surface area contributed by atoms with E-state index >= 15 is 0 Å². The van der Waals surface area contributed by atoms with Gasteiger partial charge in [0.1, 0.15) is 5.75 Å². The summed E-state index contributed by atoms with van der Waals surface area (Å²) in [4.78, 5) is 10.2. The topological polar surface area (TPSA) is 89.0 Å². The number of phenols is 1. The molecule has 0 saturated heterocycles. The maximum atomic E-state index is 10.2. The Hall–Kier alpha value is -1.55. The van der Waals surface area contributed by atoms with Gasteiger partial charge in [-0.05, 0) is 24.1 Å². The van der Waals surface area contributed by atoms with Gasteiger partial charge >= 0.3 is 5.97 Å². The molecule has 0 fully saturated rings. The van der Waals surface area contributed by atoms with E-state index in [0.29, 0.717) is 6.42 Å². The number of benzene rings is 1. The molecule has 0 aliphatic carbocycles. The molecule has 0 amide bonds. The first-order chi connectivity index (χ1) is 5.68. The van der Waals surface area contributed by atoms with Crippen molar-refractivity contribution in [1.29, 1.82) is 0 Å². The third-order valence-corrected chi connectivity index (χ3v) is 1.54. The highest BCUT2D eigenvalue weighted by atomic mass is 16.4. The summed E-state index contributed by atoms with van der Waals surface area (Å²) in [7, 11) is 0. The smallest absolute Gasteiger partial charge is 0.303 e. The van der Waals surface area contributed by atoms with Crippen LogP contribution in [0, 0.1) is 0 Å². The van der Waals surface area contributed by atoms with E-state index in [9.17, 15) is 4.79 Å². The van der Waals surface area contributed by atoms with Crippen molar-refractivity contribution in [3.05, 3.63) is 29.8 Å². The van der Waals surface area contributed by atoms with E-state index in [-0.39, 0.29) is 17.6 Å². The minimum atomic E-state index is -0.821. The molecule has 0 spiro atoms. The van der Waals surface area contributed by atoms with Crippen LogP contribution in [0.4, 0.5) is 0 Å². The second-order valence-corrected chi connectivity index (χ2v) is 2.56. The van der Waals surface area contributed by atoms with Crippen LogP contribution in [-0.4, -0.2) is 21.7 Å². The van der Waals surface area contributed by atoms with Crippen molar-refractivity contribution in [2.24, 2.45) is 0 Å². The number of aliphatic carboxylic acids is 1. The first-order valence-corrected chi connectivity index (χ1v) is 3.68. The molecular formula is C9H12O4. The zero-order valence-corrected chi connectivity index (χ0v) is 7.03. The first kappa shape index (κ1) is 11.4. The lowest BCUT2D eigenvalue weighted by Gasteiger charge is -1.98. The SMILES string of the molecule is O.O=C(O)CCc1cccc(O)c1. The van der Waals surface area contributed by atoms with Crippen molar-refractivity contribution in [3.8, 4) is 5.75 Å². The molecule has 0 atom stereocenters. The average Bonchev–Trinajstić information content (AvgIpc) is 2.01. The fraction of sp³-hybridized carbons (Fsp3) is 0.222. The Balaban J connectivity index is 0.00000144. The molecule has 1 aromatic carbocycles. The van der Waals surface area contributed by atoms with Gasteiger partial charge in [-0.15, -0.1) is 0 Å². The molecule has 0 saturated carbocycles. The van der Waals surface area contributed by atoms with Crippen molar-refractivity contribution in [2.45, 2.75) is 12.8 Å². The highest BCUT2D eigenvalue weighted by Crippen LogP contribution is 2.12. The molecule has 0 bridgehead atoms. The highest BCUT2D eigenvalue weighted by molar-refractivity contribution is 5.67. The number of aryl methyl sites for hydroxylation is 1. The summed E-state index contributed by atoms with van der Waals surface area (Å²) in [6, 6.07) is 6.63. The summed E-state index contributed by atoms with van der Waals surface area (Å²) in [5.41, 5.74) is 0.845. The molecule has 0 heterocycles. The molecule has 0 aliphatic rings. The van der Waals surface area contributed by atoms with E-state index in [2.05, 4.69) is 0 Å². The average molecular weight is 184 g/mol. The summed E-state index contributed by atoms with van der Waals surface area (Å²) >= 11 is 0. The van der Waals surface area contributed by atoms with Crippen LogP contribution < -0.4 is 0 Å². The highest BCUT2D eigenvalue weighted by Gasteiger charge is 1.98. The molecule has 1 rings (SSSR count). The molecule has 72 valence electrons. The van der Waals surface area contributed by atoms with Crippen LogP contribution in [0.1, 0.15) is 12.0 Å². The van der Waals surface area contributed by atoms with Gasteiger partial charge in [0.05, 0.1) is 0 Å². The molecule has 0 radical (unpaired) electrons. The predicted octanol–water partition coefficient (Wildman–Crippen LogP) is 0.585. The van der Waals surface area contributed by atoms with Crippen LogP contribution in [0.25, 0.3) is 0 Å². The minimum absolute atomic E-state index is 0. The van der Waals surface area contributed by atoms with E-state index in [1.54, 1.807) is 24.3 Å². The molecule has 4 heteroatoms. The molecule has 1 aromatic rings. The van der Waals surface area contributed by atoms with Gasteiger partial charge in [-0.1, -0.05) is 12.1 Å². The third kappa shape index (κ3) is 4.12. The van der Waals surface area contributed by atoms with Gasteiger partial charge in [-0.2, -0.15) is 0 Å². The quantitative estimate of drug-likeness (QED) is 0.720. The van der Waals surface area contributed by atoms with Crippen LogP contribution in [0.2, 0.25) is 0 Å². The van der Waals surface area contributed by atoms with E-state index in [0.717, 1.165) is 5.56 Å². The molecular weight excluding hydrogens is 172 g/mol. The van der Waals surface area contributed by atoms with E-state index in [4.69, 9.17) is 10.2 Å². The Morgan fingerprint density at radius 2 is 2.08 bits per heavy atom. The molecule has 0 unspecified atom stereocenters. The van der Waals surface area contributed by atoms with Crippen LogP contribution in [-0.2, 0) is 11.2 Å². The van der Waals surface area contributed by atoms with E-state index in [1.165, 1.54) is 0 Å². The Labute approximate surface area is 75.8 Å². The zero-order chi connectivity index (χ0) is 8.97. The van der Waals surface area contributed by atoms with Gasteiger partial charge in [-0.3, -0.25) is 4.79 Å². The van der Waals surface area contributed by atoms with Gasteiger partial charge in [0.2, 0.25) is 0 Å².